The van der Waals surface area contributed by atoms with Crippen molar-refractivity contribution in [3.63, 3.8) is 0 Å². The van der Waals surface area contributed by atoms with Crippen molar-refractivity contribution in [2.75, 3.05) is 18.6 Å². The number of nitrogens with two attached hydrogens (primary N) is 1. The third-order valence-electron chi connectivity index (χ3n) is 6.66. The van der Waals surface area contributed by atoms with E-state index < -0.39 is 21.5 Å². The van der Waals surface area contributed by atoms with Crippen LogP contribution in [-0.4, -0.2) is 54.9 Å². The van der Waals surface area contributed by atoms with Crippen LogP contribution in [0.1, 0.15) is 47.3 Å². The Bertz CT molecular complexity index is 1350. The number of sulfone groups is 1. The number of benzene rings is 1. The summed E-state index contributed by atoms with van der Waals surface area (Å²) >= 11 is 1.02. The molecule has 0 radical (unpaired) electrons. The standard InChI is InChI=1S/C26H29F2N3O4S2/c1-15-10-16(11-21(29)25(15)35-8-9-37(2,33)34)18-6-7-30-13-17(18)12-23(32)22-14-36-26(31-22)24-19(27)4-3-5-20(24)28/h3-7,13-16,21,25H,8-12,29H2,1-2H3/t15-,16+,21+,25-/m0/s1. The van der Waals surface area contributed by atoms with Crippen molar-refractivity contribution >= 4 is 27.0 Å². The van der Waals surface area contributed by atoms with Crippen LogP contribution in [0.4, 0.5) is 8.78 Å². The minimum absolute atomic E-state index is 0.0422. The van der Waals surface area contributed by atoms with Crippen LogP contribution in [0.3, 0.4) is 0 Å². The van der Waals surface area contributed by atoms with Gasteiger partial charge in [0.25, 0.3) is 0 Å². The van der Waals surface area contributed by atoms with Gasteiger partial charge in [-0.15, -0.1) is 11.3 Å². The number of nitrogens with zero attached hydrogens (tertiary/aromatic N) is 2. The average Bonchev–Trinajstić information content (AvgIpc) is 3.30. The van der Waals surface area contributed by atoms with Gasteiger partial charge in [-0.1, -0.05) is 13.0 Å². The molecule has 0 spiro atoms. The number of aromatic nitrogens is 2. The van der Waals surface area contributed by atoms with Crippen LogP contribution < -0.4 is 5.73 Å². The molecular formula is C26H29F2N3O4S2. The van der Waals surface area contributed by atoms with Gasteiger partial charge in [0.05, 0.1) is 24.0 Å². The van der Waals surface area contributed by atoms with Crippen LogP contribution in [0, 0.1) is 17.6 Å². The molecule has 198 valence electrons. The highest BCUT2D eigenvalue weighted by Gasteiger charge is 2.36. The maximum absolute atomic E-state index is 14.2. The molecule has 1 aliphatic rings. The number of ether oxygens (including phenoxy) is 1. The van der Waals surface area contributed by atoms with Crippen LogP contribution in [0.15, 0.2) is 42.0 Å². The molecule has 37 heavy (non-hydrogen) atoms. The molecular weight excluding hydrogens is 520 g/mol. The zero-order chi connectivity index (χ0) is 26.7. The Morgan fingerprint density at radius 3 is 2.62 bits per heavy atom. The lowest BCUT2D eigenvalue weighted by atomic mass is 9.73. The number of carbonyl (C=O) groups excluding carboxylic acids is 1. The third-order valence-corrected chi connectivity index (χ3v) is 8.43. The monoisotopic (exact) mass is 549 g/mol. The molecule has 11 heteroatoms. The molecule has 0 bridgehead atoms. The maximum Gasteiger partial charge on any atom is 0.186 e. The van der Waals surface area contributed by atoms with E-state index in [0.29, 0.717) is 6.42 Å². The topological polar surface area (TPSA) is 112 Å². The van der Waals surface area contributed by atoms with Crippen molar-refractivity contribution in [3.8, 4) is 10.6 Å². The Morgan fingerprint density at radius 2 is 1.95 bits per heavy atom. The van der Waals surface area contributed by atoms with Crippen LogP contribution in [0.5, 0.6) is 0 Å². The lowest BCUT2D eigenvalue weighted by molar-refractivity contribution is -0.0154. The number of rotatable bonds is 9. The van der Waals surface area contributed by atoms with Crippen molar-refractivity contribution in [1.29, 1.82) is 0 Å². The Morgan fingerprint density at radius 1 is 1.22 bits per heavy atom. The van der Waals surface area contributed by atoms with Crippen LogP contribution in [0.25, 0.3) is 10.6 Å². The molecule has 2 heterocycles. The van der Waals surface area contributed by atoms with Gasteiger partial charge in [-0.2, -0.15) is 0 Å². The molecule has 3 aromatic rings. The number of ketones is 1. The summed E-state index contributed by atoms with van der Waals surface area (Å²) in [5, 5.41) is 1.62. The first kappa shape index (κ1) is 27.4. The van der Waals surface area contributed by atoms with Crippen molar-refractivity contribution in [2.45, 2.75) is 44.2 Å². The van der Waals surface area contributed by atoms with Gasteiger partial charge in [-0.25, -0.2) is 22.2 Å². The fourth-order valence-electron chi connectivity index (χ4n) is 4.91. The summed E-state index contributed by atoms with van der Waals surface area (Å²) in [5.41, 5.74) is 8.06. The second kappa shape index (κ2) is 11.4. The molecule has 4 atom stereocenters. The number of thiazole rings is 1. The van der Waals surface area contributed by atoms with Gasteiger partial charge >= 0.3 is 0 Å². The van der Waals surface area contributed by atoms with Crippen molar-refractivity contribution < 1.29 is 26.7 Å². The number of pyridine rings is 1. The minimum atomic E-state index is -3.12. The number of halogens is 2. The first-order valence-electron chi connectivity index (χ1n) is 11.9. The highest BCUT2D eigenvalue weighted by molar-refractivity contribution is 7.90. The lowest BCUT2D eigenvalue weighted by Crippen LogP contribution is -2.47. The molecule has 0 unspecified atom stereocenters. The summed E-state index contributed by atoms with van der Waals surface area (Å²) in [5.74, 6) is -1.63. The van der Waals surface area contributed by atoms with Gasteiger partial charge in [-0.05, 0) is 54.0 Å². The van der Waals surface area contributed by atoms with E-state index in [1.807, 2.05) is 13.0 Å². The van der Waals surface area contributed by atoms with Crippen LogP contribution >= 0.6 is 11.3 Å². The summed E-state index contributed by atoms with van der Waals surface area (Å²) in [6, 6.07) is 5.18. The minimum Gasteiger partial charge on any atom is -0.375 e. The summed E-state index contributed by atoms with van der Waals surface area (Å²) in [7, 11) is -3.12. The SMILES string of the molecule is C[C@H]1C[C@@H](c2ccncc2CC(=O)c2csc(-c3c(F)cccc3F)n2)C[C@@H](N)[C@H]1OCCS(C)(=O)=O. The zero-order valence-corrected chi connectivity index (χ0v) is 22.2. The summed E-state index contributed by atoms with van der Waals surface area (Å²) in [6.45, 7) is 2.13. The quantitative estimate of drug-likeness (QED) is 0.399. The first-order chi connectivity index (χ1) is 17.5. The van der Waals surface area contributed by atoms with E-state index in [-0.39, 0.29) is 64.8 Å². The van der Waals surface area contributed by atoms with E-state index in [9.17, 15) is 22.0 Å². The lowest BCUT2D eigenvalue weighted by Gasteiger charge is -2.39. The Labute approximate surface area is 219 Å². The van der Waals surface area contributed by atoms with E-state index >= 15 is 0 Å². The molecule has 1 fully saturated rings. The highest BCUT2D eigenvalue weighted by Crippen LogP contribution is 2.38. The molecule has 2 aromatic heterocycles. The maximum atomic E-state index is 14.2. The second-order valence-corrected chi connectivity index (χ2v) is 12.7. The van der Waals surface area contributed by atoms with Gasteiger partial charge < -0.3 is 10.5 Å². The first-order valence-corrected chi connectivity index (χ1v) is 14.9. The van der Waals surface area contributed by atoms with Gasteiger partial charge in [0.15, 0.2) is 5.78 Å². The number of hydrogen-bond donors (Lipinski definition) is 1. The van der Waals surface area contributed by atoms with E-state index in [2.05, 4.69) is 9.97 Å². The number of Topliss-reactive ketones (excluding diaryl/α,β-unsaturated/α-hetero) is 1. The second-order valence-electron chi connectivity index (χ2n) is 9.58. The molecule has 0 aliphatic heterocycles. The van der Waals surface area contributed by atoms with Gasteiger partial charge in [0, 0.05) is 36.5 Å². The fourth-order valence-corrected chi connectivity index (χ4v) is 6.18. The predicted molar refractivity (Wildman–Crippen MR) is 138 cm³/mol. The van der Waals surface area contributed by atoms with Crippen molar-refractivity contribution in [2.24, 2.45) is 11.7 Å². The normalized spacial score (nSPS) is 22.2. The van der Waals surface area contributed by atoms with Crippen molar-refractivity contribution in [1.82, 2.24) is 9.97 Å². The van der Waals surface area contributed by atoms with E-state index in [1.54, 1.807) is 12.4 Å². The van der Waals surface area contributed by atoms with Crippen molar-refractivity contribution in [3.05, 3.63) is 70.5 Å². The zero-order valence-electron chi connectivity index (χ0n) is 20.6. The largest absolute Gasteiger partial charge is 0.375 e. The smallest absolute Gasteiger partial charge is 0.186 e. The van der Waals surface area contributed by atoms with E-state index in [1.165, 1.54) is 17.7 Å². The van der Waals surface area contributed by atoms with Crippen LogP contribution in [0.2, 0.25) is 0 Å². The number of carbonyl (C=O) groups is 1. The Balaban J connectivity index is 1.47. The molecule has 0 saturated heterocycles. The van der Waals surface area contributed by atoms with Gasteiger partial charge in [0.1, 0.15) is 32.2 Å². The van der Waals surface area contributed by atoms with Crippen LogP contribution in [-0.2, 0) is 21.0 Å². The fraction of sp³-hybridized carbons (Fsp3) is 0.423. The molecule has 1 aromatic carbocycles. The average molecular weight is 550 g/mol. The summed E-state index contributed by atoms with van der Waals surface area (Å²) in [6.07, 6.45) is 5.67. The third kappa shape index (κ3) is 6.64. The summed E-state index contributed by atoms with van der Waals surface area (Å²) in [4.78, 5) is 21.5. The highest BCUT2D eigenvalue weighted by atomic mass is 32.2. The van der Waals surface area contributed by atoms with E-state index in [4.69, 9.17) is 10.5 Å². The summed E-state index contributed by atoms with van der Waals surface area (Å²) < 4.78 is 57.0. The van der Waals surface area contributed by atoms with Gasteiger partial charge in [0.2, 0.25) is 0 Å². The Hall–Kier alpha value is -2.60. The molecule has 4 rings (SSSR count). The molecule has 1 aliphatic carbocycles. The Kier molecular flexibility index (Phi) is 8.47. The molecule has 1 saturated carbocycles. The molecule has 7 nitrogen and oxygen atoms in total. The predicted octanol–water partition coefficient (Wildman–Crippen LogP) is 4.18. The van der Waals surface area contributed by atoms with Gasteiger partial charge in [-0.3, -0.25) is 9.78 Å². The molecule has 2 N–H and O–H groups in total. The van der Waals surface area contributed by atoms with E-state index in [0.717, 1.165) is 41.0 Å². The molecule has 0 amide bonds. The number of hydrogen-bond acceptors (Lipinski definition) is 8.